The van der Waals surface area contributed by atoms with E-state index < -0.39 is 0 Å². The van der Waals surface area contributed by atoms with E-state index in [0.717, 1.165) is 11.4 Å². The van der Waals surface area contributed by atoms with Crippen LogP contribution in [0.25, 0.3) is 0 Å². The van der Waals surface area contributed by atoms with Crippen LogP contribution in [0.1, 0.15) is 5.56 Å². The summed E-state index contributed by atoms with van der Waals surface area (Å²) in [4.78, 5) is 0. The zero-order valence-corrected chi connectivity index (χ0v) is 11.0. The molecule has 19 heavy (non-hydrogen) atoms. The third-order valence-electron chi connectivity index (χ3n) is 2.53. The van der Waals surface area contributed by atoms with Crippen molar-refractivity contribution in [1.29, 1.82) is 5.26 Å². The van der Waals surface area contributed by atoms with Gasteiger partial charge in [-0.15, -0.1) is 0 Å². The molecule has 0 saturated heterocycles. The Morgan fingerprint density at radius 1 is 1.16 bits per heavy atom. The summed E-state index contributed by atoms with van der Waals surface area (Å²) < 4.78 is 5.55. The maximum Gasteiger partial charge on any atom is 0.119 e. The summed E-state index contributed by atoms with van der Waals surface area (Å²) in [6.45, 7) is 1.14. The van der Waals surface area contributed by atoms with Crippen LogP contribution < -0.4 is 10.1 Å². The predicted octanol–water partition coefficient (Wildman–Crippen LogP) is 3.70. The Labute approximate surface area is 117 Å². The van der Waals surface area contributed by atoms with Gasteiger partial charge in [0.1, 0.15) is 18.4 Å². The maximum atomic E-state index is 9.00. The van der Waals surface area contributed by atoms with Crippen molar-refractivity contribution in [2.45, 2.75) is 0 Å². The molecule has 0 unspecified atom stereocenters. The number of anilines is 1. The molecule has 3 nitrogen and oxygen atoms in total. The minimum absolute atomic E-state index is 0.525. The number of nitriles is 1. The van der Waals surface area contributed by atoms with Crippen LogP contribution in [0, 0.1) is 11.3 Å². The molecule has 0 bridgehead atoms. The maximum absolute atomic E-state index is 9.00. The average molecular weight is 273 g/mol. The van der Waals surface area contributed by atoms with Crippen LogP contribution in [0.4, 0.5) is 5.69 Å². The summed E-state index contributed by atoms with van der Waals surface area (Å²) in [5.41, 5.74) is 1.30. The summed E-state index contributed by atoms with van der Waals surface area (Å²) in [7, 11) is 0. The number of ether oxygens (including phenoxy) is 1. The lowest BCUT2D eigenvalue weighted by Gasteiger charge is -2.09. The molecular weight excluding hydrogens is 260 g/mol. The third-order valence-corrected chi connectivity index (χ3v) is 2.77. The highest BCUT2D eigenvalue weighted by atomic mass is 35.5. The average Bonchev–Trinajstić information content (AvgIpc) is 2.46. The molecule has 2 rings (SSSR count). The Kier molecular flexibility index (Phi) is 4.66. The van der Waals surface area contributed by atoms with Crippen molar-refractivity contribution in [3.05, 3.63) is 59.1 Å². The highest BCUT2D eigenvalue weighted by Gasteiger charge is 2.02. The standard InChI is InChI=1S/C15H13ClN2O/c16-13-6-7-15(12(10-13)11-17)18-8-9-19-14-4-2-1-3-5-14/h1-7,10,18H,8-9H2. The zero-order valence-electron chi connectivity index (χ0n) is 10.3. The van der Waals surface area contributed by atoms with E-state index in [9.17, 15) is 0 Å². The van der Waals surface area contributed by atoms with E-state index in [1.54, 1.807) is 18.2 Å². The monoisotopic (exact) mass is 272 g/mol. The van der Waals surface area contributed by atoms with Crippen molar-refractivity contribution in [3.8, 4) is 11.8 Å². The first-order chi connectivity index (χ1) is 9.29. The predicted molar refractivity (Wildman–Crippen MR) is 76.6 cm³/mol. The van der Waals surface area contributed by atoms with Gasteiger partial charge < -0.3 is 10.1 Å². The van der Waals surface area contributed by atoms with Crippen LogP contribution in [-0.4, -0.2) is 13.2 Å². The van der Waals surface area contributed by atoms with Gasteiger partial charge in [-0.2, -0.15) is 5.26 Å². The highest BCUT2D eigenvalue weighted by Crippen LogP contribution is 2.19. The molecule has 0 aliphatic carbocycles. The van der Waals surface area contributed by atoms with Crippen molar-refractivity contribution in [3.63, 3.8) is 0 Å². The van der Waals surface area contributed by atoms with Gasteiger partial charge in [0.2, 0.25) is 0 Å². The van der Waals surface area contributed by atoms with E-state index in [0.29, 0.717) is 23.7 Å². The van der Waals surface area contributed by atoms with Gasteiger partial charge in [0.05, 0.1) is 11.3 Å². The molecule has 0 atom stereocenters. The number of hydrogen-bond donors (Lipinski definition) is 1. The van der Waals surface area contributed by atoms with Crippen LogP contribution >= 0.6 is 11.6 Å². The molecule has 1 N–H and O–H groups in total. The molecule has 0 aliphatic rings. The second kappa shape index (κ2) is 6.67. The van der Waals surface area contributed by atoms with E-state index in [1.165, 1.54) is 0 Å². The Balaban J connectivity index is 1.85. The first kappa shape index (κ1) is 13.3. The largest absolute Gasteiger partial charge is 0.492 e. The van der Waals surface area contributed by atoms with E-state index >= 15 is 0 Å². The minimum atomic E-state index is 0.525. The summed E-state index contributed by atoms with van der Waals surface area (Å²) in [6.07, 6.45) is 0. The SMILES string of the molecule is N#Cc1cc(Cl)ccc1NCCOc1ccccc1. The third kappa shape index (κ3) is 3.90. The molecule has 2 aromatic carbocycles. The Bertz CT molecular complexity index is 578. The second-order valence-electron chi connectivity index (χ2n) is 3.89. The van der Waals surface area contributed by atoms with Crippen LogP contribution in [0.15, 0.2) is 48.5 Å². The molecule has 0 aliphatic heterocycles. The first-order valence-electron chi connectivity index (χ1n) is 5.91. The topological polar surface area (TPSA) is 45.0 Å². The van der Waals surface area contributed by atoms with Gasteiger partial charge in [0, 0.05) is 11.6 Å². The molecule has 0 spiro atoms. The molecule has 4 heteroatoms. The van der Waals surface area contributed by atoms with Gasteiger partial charge in [-0.3, -0.25) is 0 Å². The van der Waals surface area contributed by atoms with Crippen molar-refractivity contribution >= 4 is 17.3 Å². The normalized spacial score (nSPS) is 9.68. The van der Waals surface area contributed by atoms with E-state index in [2.05, 4.69) is 11.4 Å². The Morgan fingerprint density at radius 2 is 1.95 bits per heavy atom. The lowest BCUT2D eigenvalue weighted by Crippen LogP contribution is -2.12. The molecule has 0 aromatic heterocycles. The molecule has 0 radical (unpaired) electrons. The first-order valence-corrected chi connectivity index (χ1v) is 6.29. The smallest absolute Gasteiger partial charge is 0.119 e. The fraction of sp³-hybridized carbons (Fsp3) is 0.133. The number of benzene rings is 2. The van der Waals surface area contributed by atoms with Gasteiger partial charge in [0.15, 0.2) is 0 Å². The van der Waals surface area contributed by atoms with Crippen molar-refractivity contribution in [2.75, 3.05) is 18.5 Å². The molecule has 96 valence electrons. The van der Waals surface area contributed by atoms with Crippen LogP contribution in [0.3, 0.4) is 0 Å². The molecule has 0 amide bonds. The zero-order chi connectivity index (χ0) is 13.5. The number of hydrogen-bond acceptors (Lipinski definition) is 3. The van der Waals surface area contributed by atoms with Gasteiger partial charge in [0.25, 0.3) is 0 Å². The molecule has 0 heterocycles. The summed E-state index contributed by atoms with van der Waals surface area (Å²) >= 11 is 5.83. The van der Waals surface area contributed by atoms with Gasteiger partial charge >= 0.3 is 0 Å². The number of rotatable bonds is 5. The summed E-state index contributed by atoms with van der Waals surface area (Å²) in [5.74, 6) is 0.834. The van der Waals surface area contributed by atoms with Crippen molar-refractivity contribution in [1.82, 2.24) is 0 Å². The Hall–Kier alpha value is -2.18. The summed E-state index contributed by atoms with van der Waals surface area (Å²) in [5, 5.41) is 12.7. The van der Waals surface area contributed by atoms with Gasteiger partial charge in [-0.25, -0.2) is 0 Å². The lowest BCUT2D eigenvalue weighted by atomic mass is 10.2. The van der Waals surface area contributed by atoms with E-state index in [4.69, 9.17) is 21.6 Å². The highest BCUT2D eigenvalue weighted by molar-refractivity contribution is 6.30. The number of nitrogens with zero attached hydrogens (tertiary/aromatic N) is 1. The van der Waals surface area contributed by atoms with Crippen LogP contribution in [0.2, 0.25) is 5.02 Å². The fourth-order valence-corrected chi connectivity index (χ4v) is 1.81. The van der Waals surface area contributed by atoms with Gasteiger partial charge in [-0.05, 0) is 30.3 Å². The van der Waals surface area contributed by atoms with Crippen LogP contribution in [0.5, 0.6) is 5.75 Å². The number of halogens is 1. The molecule has 0 fully saturated rings. The Morgan fingerprint density at radius 3 is 2.68 bits per heavy atom. The lowest BCUT2D eigenvalue weighted by molar-refractivity contribution is 0.333. The van der Waals surface area contributed by atoms with E-state index in [-0.39, 0.29) is 0 Å². The van der Waals surface area contributed by atoms with Crippen molar-refractivity contribution in [2.24, 2.45) is 0 Å². The quantitative estimate of drug-likeness (QED) is 0.844. The number of nitrogens with one attached hydrogen (secondary N) is 1. The number of para-hydroxylation sites is 1. The molecule has 2 aromatic rings. The molecular formula is C15H13ClN2O. The molecule has 0 saturated carbocycles. The fourth-order valence-electron chi connectivity index (χ4n) is 1.63. The van der Waals surface area contributed by atoms with Gasteiger partial charge in [-0.1, -0.05) is 29.8 Å². The van der Waals surface area contributed by atoms with Crippen molar-refractivity contribution < 1.29 is 4.74 Å². The van der Waals surface area contributed by atoms with E-state index in [1.807, 2.05) is 30.3 Å². The minimum Gasteiger partial charge on any atom is -0.492 e. The second-order valence-corrected chi connectivity index (χ2v) is 4.33. The van der Waals surface area contributed by atoms with Crippen LogP contribution in [-0.2, 0) is 0 Å². The summed E-state index contributed by atoms with van der Waals surface area (Å²) in [6, 6.07) is 16.9.